The summed E-state index contributed by atoms with van der Waals surface area (Å²) in [4.78, 5) is 0. The fraction of sp³-hybridized carbons (Fsp3) is 0.667. The van der Waals surface area contributed by atoms with Gasteiger partial charge in [0.25, 0.3) is 5.95 Å². The van der Waals surface area contributed by atoms with E-state index in [0.717, 1.165) is 25.8 Å². The van der Waals surface area contributed by atoms with Crippen molar-refractivity contribution in [2.24, 2.45) is 0 Å². The van der Waals surface area contributed by atoms with Crippen LogP contribution in [-0.2, 0) is 0 Å². The first-order valence-electron chi connectivity index (χ1n) is 3.15. The monoisotopic (exact) mass is 129 g/mol. The van der Waals surface area contributed by atoms with Crippen LogP contribution in [0.25, 0.3) is 0 Å². The van der Waals surface area contributed by atoms with E-state index < -0.39 is 5.95 Å². The lowest BCUT2D eigenvalue weighted by Gasteiger charge is -2.15. The number of piperidine rings is 1. The standard InChI is InChI=1S/C6H11NO2/c8-6(9)5-3-1-2-4-7-5/h7-9H,1-4H2. The molecular formula is C6H11NO2. The summed E-state index contributed by atoms with van der Waals surface area (Å²) in [5, 5.41) is 20.0. The molecule has 0 unspecified atom stereocenters. The van der Waals surface area contributed by atoms with E-state index in [1.165, 1.54) is 0 Å². The van der Waals surface area contributed by atoms with Crippen molar-refractivity contribution in [1.29, 1.82) is 0 Å². The molecule has 1 fully saturated rings. The van der Waals surface area contributed by atoms with Gasteiger partial charge in [0.15, 0.2) is 0 Å². The van der Waals surface area contributed by atoms with Crippen LogP contribution in [0.4, 0.5) is 0 Å². The second kappa shape index (κ2) is 2.62. The number of aliphatic hydroxyl groups is 2. The molecule has 52 valence electrons. The highest BCUT2D eigenvalue weighted by Crippen LogP contribution is 2.11. The smallest absolute Gasteiger partial charge is 0.294 e. The van der Waals surface area contributed by atoms with E-state index in [2.05, 4.69) is 5.32 Å². The van der Waals surface area contributed by atoms with Crippen LogP contribution >= 0.6 is 0 Å². The van der Waals surface area contributed by atoms with Crippen molar-refractivity contribution in [2.45, 2.75) is 19.3 Å². The van der Waals surface area contributed by atoms with Crippen LogP contribution < -0.4 is 5.32 Å². The highest BCUT2D eigenvalue weighted by atomic mass is 16.5. The first-order valence-corrected chi connectivity index (χ1v) is 3.15. The minimum Gasteiger partial charge on any atom is -0.480 e. The van der Waals surface area contributed by atoms with Crippen LogP contribution in [0.5, 0.6) is 0 Å². The Bertz CT molecular complexity index is 119. The predicted molar refractivity (Wildman–Crippen MR) is 34.1 cm³/mol. The molecule has 3 N–H and O–H groups in total. The zero-order valence-corrected chi connectivity index (χ0v) is 5.22. The zero-order chi connectivity index (χ0) is 6.69. The molecule has 0 aromatic carbocycles. The summed E-state index contributed by atoms with van der Waals surface area (Å²) in [7, 11) is 0. The molecule has 1 rings (SSSR count). The molecule has 1 heterocycles. The topological polar surface area (TPSA) is 52.5 Å². The Morgan fingerprint density at radius 3 is 2.44 bits per heavy atom. The van der Waals surface area contributed by atoms with Crippen LogP contribution in [0.1, 0.15) is 19.3 Å². The maximum atomic E-state index is 8.55. The normalized spacial score (nSPS) is 18.9. The Morgan fingerprint density at radius 1 is 1.33 bits per heavy atom. The summed E-state index contributed by atoms with van der Waals surface area (Å²) >= 11 is 0. The SMILES string of the molecule is OC(O)=C1CCCCN1. The Balaban J connectivity index is 2.49. The third-order valence-corrected chi connectivity index (χ3v) is 1.46. The Hall–Kier alpha value is -0.860. The van der Waals surface area contributed by atoms with Crippen molar-refractivity contribution >= 4 is 0 Å². The summed E-state index contributed by atoms with van der Waals surface area (Å²) in [6.07, 6.45) is 2.94. The molecule has 1 saturated heterocycles. The Labute approximate surface area is 54.0 Å². The first-order chi connectivity index (χ1) is 4.30. The number of allylic oxidation sites excluding steroid dienone is 1. The van der Waals surface area contributed by atoms with Crippen molar-refractivity contribution in [3.8, 4) is 0 Å². The third-order valence-electron chi connectivity index (χ3n) is 1.46. The van der Waals surface area contributed by atoms with Gasteiger partial charge in [-0.15, -0.1) is 0 Å². The molecule has 0 aromatic rings. The average Bonchev–Trinajstić information content (AvgIpc) is 1.90. The molecule has 1 aliphatic rings. The highest BCUT2D eigenvalue weighted by Gasteiger charge is 2.07. The van der Waals surface area contributed by atoms with Gasteiger partial charge in [0.1, 0.15) is 0 Å². The van der Waals surface area contributed by atoms with Gasteiger partial charge in [-0.25, -0.2) is 0 Å². The molecule has 0 spiro atoms. The molecule has 3 heteroatoms. The number of hydrogen-bond acceptors (Lipinski definition) is 3. The van der Waals surface area contributed by atoms with Gasteiger partial charge in [0, 0.05) is 6.54 Å². The second-order valence-corrected chi connectivity index (χ2v) is 2.19. The zero-order valence-electron chi connectivity index (χ0n) is 5.22. The van der Waals surface area contributed by atoms with Crippen molar-refractivity contribution in [2.75, 3.05) is 6.54 Å². The van der Waals surface area contributed by atoms with Gasteiger partial charge in [-0.2, -0.15) is 0 Å². The molecule has 0 saturated carbocycles. The summed E-state index contributed by atoms with van der Waals surface area (Å²) < 4.78 is 0. The fourth-order valence-corrected chi connectivity index (χ4v) is 0.945. The van der Waals surface area contributed by atoms with Gasteiger partial charge in [0.05, 0.1) is 5.70 Å². The lowest BCUT2D eigenvalue weighted by Crippen LogP contribution is -2.21. The van der Waals surface area contributed by atoms with Gasteiger partial charge in [-0.3, -0.25) is 0 Å². The lowest BCUT2D eigenvalue weighted by molar-refractivity contribution is 0.177. The molecule has 1 aliphatic heterocycles. The molecule has 3 nitrogen and oxygen atoms in total. The van der Waals surface area contributed by atoms with Crippen molar-refractivity contribution in [3.63, 3.8) is 0 Å². The van der Waals surface area contributed by atoms with Gasteiger partial charge in [-0.05, 0) is 19.3 Å². The molecule has 0 aromatic heterocycles. The summed E-state index contributed by atoms with van der Waals surface area (Å²) in [6.45, 7) is 0.861. The second-order valence-electron chi connectivity index (χ2n) is 2.19. The van der Waals surface area contributed by atoms with Crippen LogP contribution in [0.3, 0.4) is 0 Å². The number of aliphatic hydroxyl groups excluding tert-OH is 1. The minimum atomic E-state index is -0.547. The highest BCUT2D eigenvalue weighted by molar-refractivity contribution is 5.00. The van der Waals surface area contributed by atoms with Gasteiger partial charge < -0.3 is 15.5 Å². The average molecular weight is 129 g/mol. The van der Waals surface area contributed by atoms with Gasteiger partial charge in [-0.1, -0.05) is 0 Å². The molecule has 0 bridgehead atoms. The minimum absolute atomic E-state index is 0.547. The van der Waals surface area contributed by atoms with E-state index in [1.807, 2.05) is 0 Å². The van der Waals surface area contributed by atoms with E-state index in [1.54, 1.807) is 0 Å². The molecule has 0 atom stereocenters. The van der Waals surface area contributed by atoms with E-state index in [9.17, 15) is 0 Å². The van der Waals surface area contributed by atoms with Crippen LogP contribution in [-0.4, -0.2) is 16.8 Å². The third kappa shape index (κ3) is 1.52. The Morgan fingerprint density at radius 2 is 2.11 bits per heavy atom. The van der Waals surface area contributed by atoms with Crippen molar-refractivity contribution in [3.05, 3.63) is 11.6 Å². The first kappa shape index (κ1) is 6.26. The molecule has 0 amide bonds. The number of nitrogens with one attached hydrogen (secondary N) is 1. The summed E-state index contributed by atoms with van der Waals surface area (Å²) in [5.74, 6) is -0.547. The fourth-order valence-electron chi connectivity index (χ4n) is 0.945. The maximum Gasteiger partial charge on any atom is 0.294 e. The van der Waals surface area contributed by atoms with E-state index in [0.29, 0.717) is 5.70 Å². The van der Waals surface area contributed by atoms with E-state index >= 15 is 0 Å². The number of rotatable bonds is 0. The van der Waals surface area contributed by atoms with Gasteiger partial charge in [0.2, 0.25) is 0 Å². The predicted octanol–water partition coefficient (Wildman–Crippen LogP) is 1.04. The molecular weight excluding hydrogens is 118 g/mol. The number of hydrogen-bond donors (Lipinski definition) is 3. The van der Waals surface area contributed by atoms with Crippen molar-refractivity contribution < 1.29 is 10.2 Å². The van der Waals surface area contributed by atoms with Crippen molar-refractivity contribution in [1.82, 2.24) is 5.32 Å². The van der Waals surface area contributed by atoms with E-state index in [-0.39, 0.29) is 0 Å². The quantitative estimate of drug-likeness (QED) is 0.428. The summed E-state index contributed by atoms with van der Waals surface area (Å²) in [6, 6.07) is 0. The Kier molecular flexibility index (Phi) is 1.82. The maximum absolute atomic E-state index is 8.55. The summed E-state index contributed by atoms with van der Waals surface area (Å²) in [5.41, 5.74) is 0.584. The van der Waals surface area contributed by atoms with Crippen LogP contribution in [0.2, 0.25) is 0 Å². The molecule has 0 radical (unpaired) electrons. The lowest BCUT2D eigenvalue weighted by atomic mass is 10.1. The van der Waals surface area contributed by atoms with E-state index in [4.69, 9.17) is 10.2 Å². The largest absolute Gasteiger partial charge is 0.480 e. The van der Waals surface area contributed by atoms with Gasteiger partial charge >= 0.3 is 0 Å². The molecule has 9 heavy (non-hydrogen) atoms. The van der Waals surface area contributed by atoms with Crippen LogP contribution in [0, 0.1) is 0 Å². The van der Waals surface area contributed by atoms with Crippen LogP contribution in [0.15, 0.2) is 11.6 Å². The molecule has 0 aliphatic carbocycles.